The van der Waals surface area contributed by atoms with Gasteiger partial charge in [0.1, 0.15) is 0 Å². The summed E-state index contributed by atoms with van der Waals surface area (Å²) in [6, 6.07) is 9.34. The maximum absolute atomic E-state index is 11.5. The molecule has 0 saturated heterocycles. The van der Waals surface area contributed by atoms with Gasteiger partial charge in [-0.25, -0.2) is 5.10 Å². The average molecular weight is 392 g/mol. The van der Waals surface area contributed by atoms with Crippen LogP contribution in [0.2, 0.25) is 0 Å². The predicted octanol–water partition coefficient (Wildman–Crippen LogP) is 1.95. The Morgan fingerprint density at radius 3 is 2.83 bits per heavy atom. The van der Waals surface area contributed by atoms with Gasteiger partial charge in [-0.3, -0.25) is 9.36 Å². The van der Waals surface area contributed by atoms with Crippen LogP contribution in [0.15, 0.2) is 45.8 Å². The number of aromatic amines is 1. The summed E-state index contributed by atoms with van der Waals surface area (Å²) in [4.78, 5) is 18.0. The molecule has 148 valence electrons. The number of hydrogen-bond acceptors (Lipinski definition) is 8. The van der Waals surface area contributed by atoms with Crippen LogP contribution in [0.25, 0.3) is 22.8 Å². The minimum Gasteiger partial charge on any atom is -0.334 e. The Balaban J connectivity index is 1.58. The third-order valence-electron chi connectivity index (χ3n) is 4.51. The van der Waals surface area contributed by atoms with Crippen molar-refractivity contribution in [1.82, 2.24) is 35.1 Å². The molecule has 1 N–H and O–H groups in total. The number of H-pyrrole nitrogens is 1. The summed E-state index contributed by atoms with van der Waals surface area (Å²) in [5, 5.41) is 18.8. The second kappa shape index (κ2) is 7.66. The van der Waals surface area contributed by atoms with E-state index in [1.165, 1.54) is 6.07 Å². The molecule has 0 aliphatic carbocycles. The van der Waals surface area contributed by atoms with Crippen molar-refractivity contribution >= 4 is 5.95 Å². The number of anilines is 1. The minimum atomic E-state index is -0.296. The highest BCUT2D eigenvalue weighted by molar-refractivity contribution is 5.56. The Morgan fingerprint density at radius 2 is 2.07 bits per heavy atom. The quantitative estimate of drug-likeness (QED) is 0.529. The smallest absolute Gasteiger partial charge is 0.264 e. The molecule has 3 aromatic heterocycles. The summed E-state index contributed by atoms with van der Waals surface area (Å²) in [6.07, 6.45) is 1.54. The zero-order valence-electron chi connectivity index (χ0n) is 16.3. The Kier molecular flexibility index (Phi) is 4.90. The topological polar surface area (TPSA) is 119 Å². The highest BCUT2D eigenvalue weighted by atomic mass is 16.5. The fourth-order valence-corrected chi connectivity index (χ4v) is 3.05. The normalized spacial score (nSPS) is 11.0. The molecule has 0 aliphatic heterocycles. The first-order chi connectivity index (χ1) is 14.0. The van der Waals surface area contributed by atoms with Crippen molar-refractivity contribution in [2.24, 2.45) is 7.05 Å². The SMILES string of the molecule is CCN(Cc1noc(-c2cccc(C)c2)n1)c1nnc(-c2cn[nH]c(=O)c2)n1C. The molecule has 0 radical (unpaired) electrons. The lowest BCUT2D eigenvalue weighted by atomic mass is 10.1. The molecule has 0 spiro atoms. The second-order valence-corrected chi connectivity index (χ2v) is 6.62. The van der Waals surface area contributed by atoms with Gasteiger partial charge < -0.3 is 9.42 Å². The number of benzene rings is 1. The maximum atomic E-state index is 11.5. The first-order valence-electron chi connectivity index (χ1n) is 9.14. The molecule has 29 heavy (non-hydrogen) atoms. The lowest BCUT2D eigenvalue weighted by Gasteiger charge is -2.19. The molecular weight excluding hydrogens is 372 g/mol. The van der Waals surface area contributed by atoms with Gasteiger partial charge in [0.2, 0.25) is 5.95 Å². The summed E-state index contributed by atoms with van der Waals surface area (Å²) in [6.45, 7) is 5.09. The largest absolute Gasteiger partial charge is 0.334 e. The first-order valence-corrected chi connectivity index (χ1v) is 9.14. The first kappa shape index (κ1) is 18.5. The van der Waals surface area contributed by atoms with Gasteiger partial charge >= 0.3 is 0 Å². The number of aromatic nitrogens is 7. The Morgan fingerprint density at radius 1 is 1.21 bits per heavy atom. The molecule has 10 heteroatoms. The summed E-state index contributed by atoms with van der Waals surface area (Å²) in [7, 11) is 1.84. The van der Waals surface area contributed by atoms with Gasteiger partial charge in [0.15, 0.2) is 11.6 Å². The molecule has 0 amide bonds. The number of nitrogens with zero attached hydrogens (tertiary/aromatic N) is 7. The van der Waals surface area contributed by atoms with E-state index < -0.39 is 0 Å². The van der Waals surface area contributed by atoms with Crippen LogP contribution in [0.1, 0.15) is 18.3 Å². The fourth-order valence-electron chi connectivity index (χ4n) is 3.05. The number of aryl methyl sites for hydroxylation is 1. The summed E-state index contributed by atoms with van der Waals surface area (Å²) >= 11 is 0. The van der Waals surface area contributed by atoms with Gasteiger partial charge in [-0.2, -0.15) is 10.1 Å². The van der Waals surface area contributed by atoms with E-state index in [0.717, 1.165) is 11.1 Å². The third kappa shape index (κ3) is 3.77. The zero-order chi connectivity index (χ0) is 20.4. The molecule has 0 fully saturated rings. The van der Waals surface area contributed by atoms with Crippen LogP contribution in [-0.2, 0) is 13.6 Å². The van der Waals surface area contributed by atoms with E-state index in [9.17, 15) is 4.79 Å². The van der Waals surface area contributed by atoms with E-state index in [0.29, 0.717) is 42.1 Å². The van der Waals surface area contributed by atoms with Crippen LogP contribution in [0, 0.1) is 6.92 Å². The van der Waals surface area contributed by atoms with Gasteiger partial charge in [0, 0.05) is 30.8 Å². The summed E-state index contributed by atoms with van der Waals surface area (Å²) in [5.41, 5.74) is 2.30. The third-order valence-corrected chi connectivity index (χ3v) is 4.51. The van der Waals surface area contributed by atoms with Crippen LogP contribution in [0.5, 0.6) is 0 Å². The van der Waals surface area contributed by atoms with Gasteiger partial charge in [0.05, 0.1) is 12.7 Å². The minimum absolute atomic E-state index is 0.296. The molecule has 1 aromatic carbocycles. The molecule has 0 unspecified atom stereocenters. The molecule has 0 bridgehead atoms. The van der Waals surface area contributed by atoms with Crippen LogP contribution >= 0.6 is 0 Å². The van der Waals surface area contributed by atoms with Crippen LogP contribution in [0.3, 0.4) is 0 Å². The standard InChI is InChI=1S/C19H20N8O2/c1-4-27(11-15-21-18(29-25-15)13-7-5-6-12(2)8-13)19-24-23-17(26(19)3)14-9-16(28)22-20-10-14/h5-10H,4,11H2,1-3H3,(H,22,28). The van der Waals surface area contributed by atoms with Crippen molar-refractivity contribution in [3.63, 3.8) is 0 Å². The number of hydrogen-bond donors (Lipinski definition) is 1. The van der Waals surface area contributed by atoms with Crippen LogP contribution in [-0.4, -0.2) is 41.6 Å². The summed E-state index contributed by atoms with van der Waals surface area (Å²) < 4.78 is 7.23. The molecule has 4 rings (SSSR count). The van der Waals surface area contributed by atoms with Gasteiger partial charge in [-0.15, -0.1) is 10.2 Å². The van der Waals surface area contributed by atoms with Crippen molar-refractivity contribution in [2.75, 3.05) is 11.4 Å². The second-order valence-electron chi connectivity index (χ2n) is 6.62. The van der Waals surface area contributed by atoms with Gasteiger partial charge in [-0.05, 0) is 26.0 Å². The van der Waals surface area contributed by atoms with E-state index >= 15 is 0 Å². The average Bonchev–Trinajstić information content (AvgIpc) is 3.33. The van der Waals surface area contributed by atoms with Crippen molar-refractivity contribution in [3.05, 3.63) is 58.3 Å². The van der Waals surface area contributed by atoms with Gasteiger partial charge in [-0.1, -0.05) is 22.9 Å². The van der Waals surface area contributed by atoms with Crippen LogP contribution in [0.4, 0.5) is 5.95 Å². The highest BCUT2D eigenvalue weighted by Gasteiger charge is 2.19. The number of rotatable bonds is 6. The van der Waals surface area contributed by atoms with Crippen LogP contribution < -0.4 is 10.5 Å². The van der Waals surface area contributed by atoms with Crippen molar-refractivity contribution in [1.29, 1.82) is 0 Å². The Labute approximate surface area is 166 Å². The summed E-state index contributed by atoms with van der Waals surface area (Å²) in [5.74, 6) is 2.20. The van der Waals surface area contributed by atoms with E-state index in [2.05, 4.69) is 30.5 Å². The van der Waals surface area contributed by atoms with Crippen molar-refractivity contribution in [2.45, 2.75) is 20.4 Å². The van der Waals surface area contributed by atoms with E-state index in [4.69, 9.17) is 4.52 Å². The fraction of sp³-hybridized carbons (Fsp3) is 0.263. The molecule has 0 aliphatic rings. The molecule has 3 heterocycles. The molecule has 10 nitrogen and oxygen atoms in total. The molecular formula is C19H20N8O2. The maximum Gasteiger partial charge on any atom is 0.264 e. The Bertz CT molecular complexity index is 1190. The lowest BCUT2D eigenvalue weighted by molar-refractivity contribution is 0.421. The van der Waals surface area contributed by atoms with E-state index in [-0.39, 0.29) is 5.56 Å². The molecule has 0 saturated carbocycles. The van der Waals surface area contributed by atoms with Crippen molar-refractivity contribution < 1.29 is 4.52 Å². The lowest BCUT2D eigenvalue weighted by Crippen LogP contribution is -2.25. The van der Waals surface area contributed by atoms with Crippen molar-refractivity contribution in [3.8, 4) is 22.8 Å². The number of nitrogens with one attached hydrogen (secondary N) is 1. The monoisotopic (exact) mass is 392 g/mol. The molecule has 0 atom stereocenters. The zero-order valence-corrected chi connectivity index (χ0v) is 16.3. The van der Waals surface area contributed by atoms with E-state index in [1.807, 2.05) is 54.6 Å². The van der Waals surface area contributed by atoms with Gasteiger partial charge in [0.25, 0.3) is 11.4 Å². The molecule has 4 aromatic rings. The Hall–Kier alpha value is -3.82. The highest BCUT2D eigenvalue weighted by Crippen LogP contribution is 2.22. The predicted molar refractivity (Wildman–Crippen MR) is 106 cm³/mol. The van der Waals surface area contributed by atoms with E-state index in [1.54, 1.807) is 6.20 Å².